The standard InChI is InChI=1S/C17H14N2O5S/c1-25(2,23)18-14-10-6-5-9-13(14)17(22)24-19-15(20)11-7-3-4-8-12(11)16(19)21/h3-10H,1-2H3. The van der Waals surface area contributed by atoms with Crippen molar-refractivity contribution in [2.45, 2.75) is 0 Å². The molecule has 0 fully saturated rings. The highest BCUT2D eigenvalue weighted by atomic mass is 32.2. The number of imide groups is 1. The van der Waals surface area contributed by atoms with Gasteiger partial charge in [0.05, 0.1) is 22.4 Å². The van der Waals surface area contributed by atoms with Gasteiger partial charge in [0.25, 0.3) is 11.8 Å². The number of rotatable bonds is 3. The highest BCUT2D eigenvalue weighted by molar-refractivity contribution is 7.92. The van der Waals surface area contributed by atoms with Gasteiger partial charge >= 0.3 is 5.97 Å². The summed E-state index contributed by atoms with van der Waals surface area (Å²) in [7, 11) is -2.51. The first-order chi connectivity index (χ1) is 11.8. The van der Waals surface area contributed by atoms with Crippen molar-refractivity contribution in [2.24, 2.45) is 4.36 Å². The Morgan fingerprint density at radius 3 is 2.04 bits per heavy atom. The van der Waals surface area contributed by atoms with Crippen LogP contribution in [0.5, 0.6) is 0 Å². The van der Waals surface area contributed by atoms with Gasteiger partial charge in [0.1, 0.15) is 0 Å². The van der Waals surface area contributed by atoms with E-state index in [4.69, 9.17) is 4.84 Å². The molecule has 0 N–H and O–H groups in total. The molecule has 0 atom stereocenters. The van der Waals surface area contributed by atoms with Crippen molar-refractivity contribution in [3.05, 3.63) is 65.2 Å². The SMILES string of the molecule is CS(C)(=O)=Nc1ccccc1C(=O)ON1C(=O)c2ccccc2C1=O. The van der Waals surface area contributed by atoms with E-state index in [9.17, 15) is 18.6 Å². The number of amides is 2. The van der Waals surface area contributed by atoms with E-state index in [1.807, 2.05) is 0 Å². The molecule has 0 saturated heterocycles. The zero-order valence-corrected chi connectivity index (χ0v) is 14.3. The topological polar surface area (TPSA) is 93.1 Å². The predicted octanol–water partition coefficient (Wildman–Crippen LogP) is 2.41. The van der Waals surface area contributed by atoms with E-state index in [0.717, 1.165) is 0 Å². The van der Waals surface area contributed by atoms with Crippen LogP contribution in [0.1, 0.15) is 31.1 Å². The lowest BCUT2D eigenvalue weighted by Crippen LogP contribution is -2.32. The molecule has 0 saturated carbocycles. The van der Waals surface area contributed by atoms with Gasteiger partial charge in [0.2, 0.25) is 0 Å². The molecule has 0 aromatic heterocycles. The van der Waals surface area contributed by atoms with Gasteiger partial charge in [0, 0.05) is 22.2 Å². The molecular weight excluding hydrogens is 344 g/mol. The first-order valence-electron chi connectivity index (χ1n) is 7.24. The molecule has 2 aromatic carbocycles. The average molecular weight is 358 g/mol. The summed E-state index contributed by atoms with van der Waals surface area (Å²) in [6.07, 6.45) is 2.86. The summed E-state index contributed by atoms with van der Waals surface area (Å²) >= 11 is 0. The lowest BCUT2D eigenvalue weighted by molar-refractivity contribution is -0.0584. The van der Waals surface area contributed by atoms with Crippen LogP contribution in [-0.4, -0.2) is 39.6 Å². The van der Waals surface area contributed by atoms with Gasteiger partial charge in [-0.15, -0.1) is 0 Å². The van der Waals surface area contributed by atoms with Crippen LogP contribution in [0.2, 0.25) is 0 Å². The number of benzene rings is 2. The van der Waals surface area contributed by atoms with E-state index >= 15 is 0 Å². The smallest absolute Gasteiger partial charge is 0.324 e. The number of hydrogen-bond donors (Lipinski definition) is 0. The zero-order chi connectivity index (χ0) is 18.2. The fraction of sp³-hybridized carbons (Fsp3) is 0.118. The maximum Gasteiger partial charge on any atom is 0.366 e. The number of hydrogen-bond acceptors (Lipinski definition) is 6. The predicted molar refractivity (Wildman–Crippen MR) is 90.9 cm³/mol. The molecule has 0 bridgehead atoms. The molecule has 2 aromatic rings. The van der Waals surface area contributed by atoms with Crippen LogP contribution in [0.25, 0.3) is 0 Å². The van der Waals surface area contributed by atoms with Crippen LogP contribution in [0.4, 0.5) is 5.69 Å². The normalized spacial score (nSPS) is 13.6. The number of hydroxylamine groups is 2. The second-order valence-electron chi connectivity index (χ2n) is 5.62. The Labute approximate surface area is 144 Å². The lowest BCUT2D eigenvalue weighted by atomic mass is 10.1. The van der Waals surface area contributed by atoms with Gasteiger partial charge in [0.15, 0.2) is 0 Å². The van der Waals surface area contributed by atoms with E-state index in [-0.39, 0.29) is 22.4 Å². The van der Waals surface area contributed by atoms with E-state index in [1.165, 1.54) is 36.8 Å². The third-order valence-corrected chi connectivity index (χ3v) is 4.01. The van der Waals surface area contributed by atoms with E-state index in [2.05, 4.69) is 4.36 Å². The van der Waals surface area contributed by atoms with Crippen LogP contribution in [0.15, 0.2) is 52.9 Å². The number of carbonyl (C=O) groups excluding carboxylic acids is 3. The average Bonchev–Trinajstić information content (AvgIpc) is 2.79. The lowest BCUT2D eigenvalue weighted by Gasteiger charge is -2.13. The summed E-state index contributed by atoms with van der Waals surface area (Å²) in [5, 5.41) is 0.430. The van der Waals surface area contributed by atoms with E-state index < -0.39 is 27.5 Å². The first kappa shape index (κ1) is 16.8. The minimum Gasteiger partial charge on any atom is -0.324 e. The van der Waals surface area contributed by atoms with Crippen molar-refractivity contribution >= 4 is 33.2 Å². The van der Waals surface area contributed by atoms with Crippen LogP contribution < -0.4 is 0 Å². The maximum absolute atomic E-state index is 12.4. The molecule has 2 amide bonds. The molecule has 1 aliphatic heterocycles. The van der Waals surface area contributed by atoms with Gasteiger partial charge < -0.3 is 4.84 Å². The summed E-state index contributed by atoms with van der Waals surface area (Å²) in [4.78, 5) is 41.9. The third-order valence-electron chi connectivity index (χ3n) is 3.37. The van der Waals surface area contributed by atoms with Crippen molar-refractivity contribution < 1.29 is 23.4 Å². The molecule has 8 heteroatoms. The molecule has 128 valence electrons. The Kier molecular flexibility index (Phi) is 4.13. The van der Waals surface area contributed by atoms with Crippen LogP contribution in [-0.2, 0) is 14.6 Å². The van der Waals surface area contributed by atoms with Crippen molar-refractivity contribution in [1.29, 1.82) is 0 Å². The minimum absolute atomic E-state index is 0.00970. The maximum atomic E-state index is 12.4. The summed E-state index contributed by atoms with van der Waals surface area (Å²) in [5.41, 5.74) is 0.515. The van der Waals surface area contributed by atoms with Gasteiger partial charge in [-0.05, 0) is 24.3 Å². The van der Waals surface area contributed by atoms with Crippen LogP contribution in [0, 0.1) is 0 Å². The first-order valence-corrected chi connectivity index (χ1v) is 9.57. The highest BCUT2D eigenvalue weighted by Gasteiger charge is 2.39. The summed E-state index contributed by atoms with van der Waals surface area (Å²) in [6, 6.07) is 12.3. The molecule has 3 rings (SSSR count). The summed E-state index contributed by atoms with van der Waals surface area (Å²) < 4.78 is 15.9. The third kappa shape index (κ3) is 3.29. The van der Waals surface area contributed by atoms with Gasteiger partial charge in [-0.3, -0.25) is 9.59 Å². The molecule has 0 spiro atoms. The van der Waals surface area contributed by atoms with Crippen LogP contribution in [0.3, 0.4) is 0 Å². The number of fused-ring (bicyclic) bond motifs is 1. The largest absolute Gasteiger partial charge is 0.366 e. The van der Waals surface area contributed by atoms with Gasteiger partial charge in [-0.25, -0.2) is 9.00 Å². The number of nitrogens with zero attached hydrogens (tertiary/aromatic N) is 2. The molecular formula is C17H14N2O5S. The molecule has 0 aliphatic carbocycles. The number of carbonyl (C=O) groups is 3. The molecule has 1 aliphatic rings. The van der Waals surface area contributed by atoms with E-state index in [1.54, 1.807) is 24.3 Å². The molecule has 0 radical (unpaired) electrons. The monoisotopic (exact) mass is 358 g/mol. The fourth-order valence-corrected chi connectivity index (χ4v) is 2.98. The summed E-state index contributed by atoms with van der Waals surface area (Å²) in [5.74, 6) is -2.35. The highest BCUT2D eigenvalue weighted by Crippen LogP contribution is 2.26. The van der Waals surface area contributed by atoms with Crippen molar-refractivity contribution in [1.82, 2.24) is 5.06 Å². The van der Waals surface area contributed by atoms with E-state index in [0.29, 0.717) is 5.06 Å². The second-order valence-corrected chi connectivity index (χ2v) is 8.16. The van der Waals surface area contributed by atoms with Gasteiger partial charge in [-0.2, -0.15) is 4.36 Å². The van der Waals surface area contributed by atoms with Crippen molar-refractivity contribution in [2.75, 3.05) is 12.5 Å². The molecule has 1 heterocycles. The Balaban J connectivity index is 1.92. The zero-order valence-electron chi connectivity index (χ0n) is 13.5. The molecule has 0 unspecified atom stereocenters. The Morgan fingerprint density at radius 1 is 0.960 bits per heavy atom. The Hall–Kier alpha value is -3.00. The van der Waals surface area contributed by atoms with Crippen molar-refractivity contribution in [3.8, 4) is 0 Å². The van der Waals surface area contributed by atoms with Crippen LogP contribution >= 0.6 is 0 Å². The minimum atomic E-state index is -2.51. The second kappa shape index (κ2) is 6.14. The Morgan fingerprint density at radius 2 is 1.48 bits per heavy atom. The molecule has 25 heavy (non-hydrogen) atoms. The van der Waals surface area contributed by atoms with Crippen molar-refractivity contribution in [3.63, 3.8) is 0 Å². The fourth-order valence-electron chi connectivity index (χ4n) is 2.34. The Bertz CT molecular complexity index is 978. The summed E-state index contributed by atoms with van der Waals surface area (Å²) in [6.45, 7) is 0. The quantitative estimate of drug-likeness (QED) is 0.786. The molecule has 7 nitrogen and oxygen atoms in total. The van der Waals surface area contributed by atoms with Gasteiger partial charge in [-0.1, -0.05) is 29.3 Å².